The molecule has 6 heavy (non-hydrogen) atoms. The maximum absolute atomic E-state index is 5.77. The Morgan fingerprint density at radius 1 is 1.67 bits per heavy atom. The Morgan fingerprint density at radius 3 is 1.83 bits per heavy atom. The Labute approximate surface area is 41.6 Å². The van der Waals surface area contributed by atoms with Gasteiger partial charge in [0.1, 0.15) is 0 Å². The number of thiocarbonyl (C=S) groups is 1. The molecule has 34 valence electrons. The third kappa shape index (κ3) is 49.6. The van der Waals surface area contributed by atoms with Crippen molar-refractivity contribution in [2.24, 2.45) is 0 Å². The molecule has 3 heteroatoms. The summed E-state index contributed by atoms with van der Waals surface area (Å²) >= 11 is 3.81. The molecule has 1 fully saturated rings. The van der Waals surface area contributed by atoms with Crippen LogP contribution in [0.25, 0.3) is 0 Å². The molecule has 0 amide bonds. The van der Waals surface area contributed by atoms with Gasteiger partial charge in [0.25, 0.3) is 0 Å². The molecule has 0 saturated carbocycles. The van der Waals surface area contributed by atoms with Crippen molar-refractivity contribution >= 4 is 17.4 Å². The van der Waals surface area contributed by atoms with Crippen molar-refractivity contribution < 1.29 is 4.74 Å². The van der Waals surface area contributed by atoms with E-state index in [0.717, 1.165) is 13.2 Å². The van der Waals surface area contributed by atoms with Crippen LogP contribution < -0.4 is 0 Å². The predicted octanol–water partition coefficient (Wildman–Crippen LogP) is 0.685. The van der Waals surface area contributed by atoms with Gasteiger partial charge < -0.3 is 4.74 Å². The van der Waals surface area contributed by atoms with Crippen molar-refractivity contribution in [3.05, 3.63) is 0 Å². The average Bonchev–Trinajstić information content (AvgIpc) is 2.11. The van der Waals surface area contributed by atoms with Crippen LogP contribution >= 0.6 is 12.2 Å². The molecule has 0 aliphatic carbocycles. The first-order chi connectivity index (χ1) is 2.91. The summed E-state index contributed by atoms with van der Waals surface area (Å²) in [6.45, 7) is 2.00. The second kappa shape index (κ2) is 4.76. The van der Waals surface area contributed by atoms with E-state index in [1.54, 1.807) is 5.16 Å². The maximum Gasteiger partial charge on any atom is 0.0701 e. The monoisotopic (exact) mass is 103 g/mol. The molecule has 1 N–H and O–H groups in total. The SMILES string of the molecule is C1CO1.N=C=S. The summed E-state index contributed by atoms with van der Waals surface area (Å²) in [5, 5.41) is 7.36. The van der Waals surface area contributed by atoms with E-state index in [2.05, 4.69) is 17.0 Å². The summed E-state index contributed by atoms with van der Waals surface area (Å²) in [7, 11) is 0. The summed E-state index contributed by atoms with van der Waals surface area (Å²) in [5.41, 5.74) is 0. The lowest BCUT2D eigenvalue weighted by Crippen LogP contribution is -1.20. The molecule has 0 atom stereocenters. The van der Waals surface area contributed by atoms with E-state index >= 15 is 0 Å². The van der Waals surface area contributed by atoms with E-state index in [-0.39, 0.29) is 0 Å². The third-order valence-corrected chi connectivity index (χ3v) is 0.204. The smallest absolute Gasteiger partial charge is 0.0701 e. The van der Waals surface area contributed by atoms with Crippen molar-refractivity contribution in [3.8, 4) is 0 Å². The second-order valence-electron chi connectivity index (χ2n) is 0.714. The van der Waals surface area contributed by atoms with Gasteiger partial charge in [-0.05, 0) is 12.2 Å². The molecular formula is C3H5NOS. The summed E-state index contributed by atoms with van der Waals surface area (Å²) in [5.74, 6) is 0. The lowest BCUT2D eigenvalue weighted by Gasteiger charge is -1.24. The van der Waals surface area contributed by atoms with Gasteiger partial charge in [-0.2, -0.15) is 0 Å². The van der Waals surface area contributed by atoms with Gasteiger partial charge in [-0.25, -0.2) is 5.41 Å². The van der Waals surface area contributed by atoms with Crippen LogP contribution in [0.2, 0.25) is 0 Å². The Morgan fingerprint density at radius 2 is 1.83 bits per heavy atom. The van der Waals surface area contributed by atoms with Crippen LogP contribution in [0.1, 0.15) is 0 Å². The molecule has 0 radical (unpaired) electrons. The van der Waals surface area contributed by atoms with Crippen LogP contribution in [0.4, 0.5) is 0 Å². The van der Waals surface area contributed by atoms with Crippen molar-refractivity contribution in [1.82, 2.24) is 0 Å². The normalized spacial score (nSPS) is 13.3. The fourth-order valence-electron chi connectivity index (χ4n) is 0. The minimum absolute atomic E-state index is 1.00. The zero-order valence-corrected chi connectivity index (χ0v) is 4.05. The van der Waals surface area contributed by atoms with Gasteiger partial charge in [-0.3, -0.25) is 0 Å². The summed E-state index contributed by atoms with van der Waals surface area (Å²) < 4.78 is 4.50. The fourth-order valence-corrected chi connectivity index (χ4v) is 0. The van der Waals surface area contributed by atoms with Crippen LogP contribution in [-0.4, -0.2) is 18.4 Å². The molecule has 1 saturated heterocycles. The number of isothiocyanates is 1. The highest BCUT2D eigenvalue weighted by Gasteiger charge is 1.94. The van der Waals surface area contributed by atoms with Crippen LogP contribution in [0.3, 0.4) is 0 Å². The zero-order valence-electron chi connectivity index (χ0n) is 3.23. The highest BCUT2D eigenvalue weighted by Crippen LogP contribution is 1.84. The number of hydrogen-bond acceptors (Lipinski definition) is 3. The Hall–Kier alpha value is -0.240. The topological polar surface area (TPSA) is 36.4 Å². The van der Waals surface area contributed by atoms with E-state index in [1.165, 1.54) is 0 Å². The minimum atomic E-state index is 1.00. The first kappa shape index (κ1) is 5.76. The lowest BCUT2D eigenvalue weighted by atomic mass is 11.0. The van der Waals surface area contributed by atoms with Crippen LogP contribution in [-0.2, 0) is 4.74 Å². The van der Waals surface area contributed by atoms with Crippen molar-refractivity contribution in [3.63, 3.8) is 0 Å². The van der Waals surface area contributed by atoms with Crippen molar-refractivity contribution in [2.75, 3.05) is 13.2 Å². The number of hydrogen-bond donors (Lipinski definition) is 1. The number of ether oxygens (including phenoxy) is 1. The van der Waals surface area contributed by atoms with E-state index < -0.39 is 0 Å². The van der Waals surface area contributed by atoms with Crippen molar-refractivity contribution in [1.29, 1.82) is 5.41 Å². The number of rotatable bonds is 0. The standard InChI is InChI=1S/C2H4O.CHNS/c1-2-3-1;2-1-3/h1-2H2;2H. The quantitative estimate of drug-likeness (QED) is 0.278. The van der Waals surface area contributed by atoms with E-state index in [4.69, 9.17) is 5.41 Å². The first-order valence-electron chi connectivity index (χ1n) is 1.53. The van der Waals surface area contributed by atoms with Gasteiger partial charge in [0.2, 0.25) is 0 Å². The molecule has 0 aromatic heterocycles. The third-order valence-electron chi connectivity index (χ3n) is 0.204. The van der Waals surface area contributed by atoms with Crippen LogP contribution in [0.5, 0.6) is 0 Å². The summed E-state index contributed by atoms with van der Waals surface area (Å²) in [4.78, 5) is 0. The molecule has 1 aliphatic rings. The molecule has 1 aliphatic heterocycles. The molecule has 0 bridgehead atoms. The van der Waals surface area contributed by atoms with Gasteiger partial charge in [-0.15, -0.1) is 0 Å². The average molecular weight is 103 g/mol. The fraction of sp³-hybridized carbons (Fsp3) is 0.667. The predicted molar refractivity (Wildman–Crippen MR) is 26.1 cm³/mol. The highest BCUT2D eigenvalue weighted by molar-refractivity contribution is 7.78. The van der Waals surface area contributed by atoms with Gasteiger partial charge in [0.05, 0.1) is 18.4 Å². The summed E-state index contributed by atoms with van der Waals surface area (Å²) in [6, 6.07) is 0. The van der Waals surface area contributed by atoms with Gasteiger partial charge in [0.15, 0.2) is 0 Å². The first-order valence-corrected chi connectivity index (χ1v) is 1.94. The maximum atomic E-state index is 5.77. The molecule has 2 nitrogen and oxygen atoms in total. The number of epoxide rings is 1. The summed E-state index contributed by atoms with van der Waals surface area (Å²) in [6.07, 6.45) is 0. The van der Waals surface area contributed by atoms with Gasteiger partial charge >= 0.3 is 0 Å². The Bertz CT molecular complexity index is 53.1. The Balaban J connectivity index is 0.0000000833. The van der Waals surface area contributed by atoms with Crippen molar-refractivity contribution in [2.45, 2.75) is 0 Å². The molecule has 1 heterocycles. The van der Waals surface area contributed by atoms with E-state index in [0.29, 0.717) is 0 Å². The van der Waals surface area contributed by atoms with Gasteiger partial charge in [-0.1, -0.05) is 0 Å². The Kier molecular flexibility index (Phi) is 4.57. The van der Waals surface area contributed by atoms with Crippen LogP contribution in [0, 0.1) is 5.41 Å². The number of nitrogens with one attached hydrogen (secondary N) is 1. The highest BCUT2D eigenvalue weighted by atomic mass is 32.1. The lowest BCUT2D eigenvalue weighted by molar-refractivity contribution is 0.475. The molecule has 0 aromatic rings. The van der Waals surface area contributed by atoms with E-state index in [1.807, 2.05) is 0 Å². The van der Waals surface area contributed by atoms with E-state index in [9.17, 15) is 0 Å². The molecule has 0 aromatic carbocycles. The molecule has 0 unspecified atom stereocenters. The van der Waals surface area contributed by atoms with Crippen LogP contribution in [0.15, 0.2) is 0 Å². The molecule has 0 spiro atoms. The van der Waals surface area contributed by atoms with Gasteiger partial charge in [0, 0.05) is 0 Å². The molecular weight excluding hydrogens is 98.1 g/mol. The zero-order chi connectivity index (χ0) is 4.83. The second-order valence-corrected chi connectivity index (χ2v) is 0.919. The molecule has 1 rings (SSSR count). The minimum Gasteiger partial charge on any atom is -0.377 e. The largest absolute Gasteiger partial charge is 0.377 e.